The molecule has 18 heavy (non-hydrogen) atoms. The van der Waals surface area contributed by atoms with Crippen LogP contribution in [0.1, 0.15) is 24.8 Å². The van der Waals surface area contributed by atoms with E-state index in [2.05, 4.69) is 23.5 Å². The van der Waals surface area contributed by atoms with E-state index < -0.39 is 0 Å². The lowest BCUT2D eigenvalue weighted by atomic mass is 9.62. The van der Waals surface area contributed by atoms with E-state index in [1.807, 2.05) is 18.2 Å². The quantitative estimate of drug-likeness (QED) is 0.781. The summed E-state index contributed by atoms with van der Waals surface area (Å²) in [6.45, 7) is 1.76. The van der Waals surface area contributed by atoms with Gasteiger partial charge >= 0.3 is 0 Å². The van der Waals surface area contributed by atoms with Crippen LogP contribution in [0, 0.1) is 11.3 Å². The Morgan fingerprint density at radius 3 is 2.72 bits per heavy atom. The molecular weight excluding hydrogens is 224 g/mol. The van der Waals surface area contributed by atoms with E-state index in [4.69, 9.17) is 4.74 Å². The average Bonchev–Trinajstić information content (AvgIpc) is 2.38. The molecule has 0 aliphatic heterocycles. The molecule has 3 heteroatoms. The first-order valence-corrected chi connectivity index (χ1v) is 6.50. The van der Waals surface area contributed by atoms with Crippen molar-refractivity contribution in [2.45, 2.75) is 30.7 Å². The van der Waals surface area contributed by atoms with E-state index in [0.29, 0.717) is 6.04 Å². The highest BCUT2D eigenvalue weighted by Gasteiger charge is 2.45. The fraction of sp³-hybridized carbons (Fsp3) is 0.533. The number of hydrogen-bond donors (Lipinski definition) is 1. The first kappa shape index (κ1) is 13.1. The van der Waals surface area contributed by atoms with E-state index >= 15 is 0 Å². The second-order valence-corrected chi connectivity index (χ2v) is 4.97. The molecule has 1 aliphatic rings. The fourth-order valence-electron chi connectivity index (χ4n) is 2.60. The third kappa shape index (κ3) is 2.72. The summed E-state index contributed by atoms with van der Waals surface area (Å²) < 4.78 is 5.01. The van der Waals surface area contributed by atoms with Gasteiger partial charge in [0.2, 0.25) is 0 Å². The van der Waals surface area contributed by atoms with Gasteiger partial charge < -0.3 is 10.1 Å². The molecule has 0 aromatic heterocycles. The summed E-state index contributed by atoms with van der Waals surface area (Å²) in [5.74, 6) is 0. The third-order valence-electron chi connectivity index (χ3n) is 3.69. The van der Waals surface area contributed by atoms with Gasteiger partial charge in [0.15, 0.2) is 0 Å². The fourth-order valence-corrected chi connectivity index (χ4v) is 2.60. The molecule has 1 fully saturated rings. The van der Waals surface area contributed by atoms with E-state index in [9.17, 15) is 5.26 Å². The standard InChI is InChI=1S/C15H20N2O/c1-18-9-5-8-17-14-10-15(11-14,12-16)13-6-3-2-4-7-13/h2-4,6-7,14,17H,5,8-11H2,1H3. The second-order valence-electron chi connectivity index (χ2n) is 4.97. The van der Waals surface area contributed by atoms with Crippen molar-refractivity contribution in [2.24, 2.45) is 0 Å². The van der Waals surface area contributed by atoms with Crippen molar-refractivity contribution in [2.75, 3.05) is 20.3 Å². The first-order valence-electron chi connectivity index (χ1n) is 6.50. The molecule has 1 N–H and O–H groups in total. The van der Waals surface area contributed by atoms with Crippen molar-refractivity contribution in [3.05, 3.63) is 35.9 Å². The van der Waals surface area contributed by atoms with Crippen LogP contribution in [0.15, 0.2) is 30.3 Å². The Balaban J connectivity index is 1.83. The monoisotopic (exact) mass is 244 g/mol. The van der Waals surface area contributed by atoms with Crippen LogP contribution >= 0.6 is 0 Å². The predicted molar refractivity (Wildman–Crippen MR) is 71.3 cm³/mol. The van der Waals surface area contributed by atoms with Crippen molar-refractivity contribution in [3.8, 4) is 6.07 Å². The van der Waals surface area contributed by atoms with E-state index in [-0.39, 0.29) is 5.41 Å². The minimum absolute atomic E-state index is 0.264. The number of ether oxygens (including phenoxy) is 1. The van der Waals surface area contributed by atoms with Gasteiger partial charge in [-0.05, 0) is 31.4 Å². The summed E-state index contributed by atoms with van der Waals surface area (Å²) >= 11 is 0. The molecule has 1 saturated carbocycles. The molecule has 0 radical (unpaired) electrons. The topological polar surface area (TPSA) is 45.0 Å². The summed E-state index contributed by atoms with van der Waals surface area (Å²) in [7, 11) is 1.72. The minimum Gasteiger partial charge on any atom is -0.385 e. The maximum absolute atomic E-state index is 9.42. The van der Waals surface area contributed by atoms with Crippen LogP contribution in [0.4, 0.5) is 0 Å². The molecule has 0 atom stereocenters. The maximum atomic E-state index is 9.42. The van der Waals surface area contributed by atoms with Crippen LogP contribution in [0.5, 0.6) is 0 Å². The van der Waals surface area contributed by atoms with Gasteiger partial charge in [0.1, 0.15) is 0 Å². The smallest absolute Gasteiger partial charge is 0.0852 e. The number of hydrogen-bond acceptors (Lipinski definition) is 3. The molecule has 0 spiro atoms. The predicted octanol–water partition coefficient (Wildman–Crippen LogP) is 2.24. The number of rotatable bonds is 6. The van der Waals surface area contributed by atoms with Crippen LogP contribution < -0.4 is 5.32 Å². The molecule has 1 aromatic carbocycles. The van der Waals surface area contributed by atoms with Crippen molar-refractivity contribution < 1.29 is 4.74 Å². The van der Waals surface area contributed by atoms with Crippen LogP contribution in [0.25, 0.3) is 0 Å². The van der Waals surface area contributed by atoms with Gasteiger partial charge in [0.25, 0.3) is 0 Å². The Labute approximate surface area is 109 Å². The summed E-state index contributed by atoms with van der Waals surface area (Å²) in [5.41, 5.74) is 0.891. The SMILES string of the molecule is COCCCNC1CC(C#N)(c2ccccc2)C1. The Morgan fingerprint density at radius 1 is 1.39 bits per heavy atom. The van der Waals surface area contributed by atoms with Gasteiger partial charge in [0, 0.05) is 19.8 Å². The molecule has 2 rings (SSSR count). The van der Waals surface area contributed by atoms with Crippen molar-refractivity contribution in [1.82, 2.24) is 5.32 Å². The van der Waals surface area contributed by atoms with Crippen LogP contribution in [0.3, 0.4) is 0 Å². The molecule has 96 valence electrons. The highest BCUT2D eigenvalue weighted by Crippen LogP contribution is 2.43. The Morgan fingerprint density at radius 2 is 2.11 bits per heavy atom. The molecule has 1 aromatic rings. The third-order valence-corrected chi connectivity index (χ3v) is 3.69. The number of nitriles is 1. The normalized spacial score (nSPS) is 26.3. The summed E-state index contributed by atoms with van der Waals surface area (Å²) in [6, 6.07) is 13.1. The van der Waals surface area contributed by atoms with Gasteiger partial charge in [-0.1, -0.05) is 30.3 Å². The van der Waals surface area contributed by atoms with E-state index in [1.54, 1.807) is 7.11 Å². The molecule has 0 unspecified atom stereocenters. The lowest BCUT2D eigenvalue weighted by molar-refractivity contribution is 0.182. The highest BCUT2D eigenvalue weighted by atomic mass is 16.5. The number of nitrogens with one attached hydrogen (secondary N) is 1. The zero-order chi connectivity index (χ0) is 12.8. The molecule has 3 nitrogen and oxygen atoms in total. The van der Waals surface area contributed by atoms with Crippen molar-refractivity contribution >= 4 is 0 Å². The molecule has 0 amide bonds. The lowest BCUT2D eigenvalue weighted by Crippen LogP contribution is -2.51. The number of methoxy groups -OCH3 is 1. The Hall–Kier alpha value is -1.37. The summed E-state index contributed by atoms with van der Waals surface area (Å²) in [4.78, 5) is 0. The molecule has 0 bridgehead atoms. The zero-order valence-corrected chi connectivity index (χ0v) is 10.9. The minimum atomic E-state index is -0.264. The maximum Gasteiger partial charge on any atom is 0.0852 e. The number of nitrogens with zero attached hydrogens (tertiary/aromatic N) is 1. The van der Waals surface area contributed by atoms with Gasteiger partial charge in [-0.25, -0.2) is 0 Å². The second kappa shape index (κ2) is 5.99. The van der Waals surface area contributed by atoms with E-state index in [1.165, 1.54) is 0 Å². The van der Waals surface area contributed by atoms with Crippen LogP contribution in [0.2, 0.25) is 0 Å². The first-order chi connectivity index (χ1) is 8.80. The van der Waals surface area contributed by atoms with Gasteiger partial charge in [0.05, 0.1) is 11.5 Å². The van der Waals surface area contributed by atoms with Crippen LogP contribution in [-0.2, 0) is 10.2 Å². The van der Waals surface area contributed by atoms with Crippen molar-refractivity contribution in [3.63, 3.8) is 0 Å². The summed E-state index contributed by atoms with van der Waals surface area (Å²) in [5, 5.41) is 12.9. The number of benzene rings is 1. The van der Waals surface area contributed by atoms with Crippen molar-refractivity contribution in [1.29, 1.82) is 5.26 Å². The van der Waals surface area contributed by atoms with Gasteiger partial charge in [-0.15, -0.1) is 0 Å². The molecule has 0 heterocycles. The molecule has 0 saturated heterocycles. The molecular formula is C15H20N2O. The van der Waals surface area contributed by atoms with Gasteiger partial charge in [-0.3, -0.25) is 0 Å². The Kier molecular flexibility index (Phi) is 4.35. The Bertz CT molecular complexity index is 404. The lowest BCUT2D eigenvalue weighted by Gasteiger charge is -2.43. The summed E-state index contributed by atoms with van der Waals surface area (Å²) in [6.07, 6.45) is 2.86. The van der Waals surface area contributed by atoms with E-state index in [0.717, 1.165) is 38.0 Å². The van der Waals surface area contributed by atoms with Gasteiger partial charge in [-0.2, -0.15) is 5.26 Å². The molecule has 1 aliphatic carbocycles. The highest BCUT2D eigenvalue weighted by molar-refractivity contribution is 5.36. The zero-order valence-electron chi connectivity index (χ0n) is 10.9. The van der Waals surface area contributed by atoms with Crippen LogP contribution in [-0.4, -0.2) is 26.3 Å². The average molecular weight is 244 g/mol. The largest absolute Gasteiger partial charge is 0.385 e.